The molecule has 5 fully saturated rings. The SMILES string of the molecule is CC[C@@H]1CO[C@H]2[C@@H]1[C@H](O)[C@H](OCC13C[C@@H]4[C@H](C)CC[C@H]4[C@@]4(C=O)C[C@@H]1C=C(C(C)C)C34C(=O)O)O[C@@H]2C. The molecular formula is C30H44O7. The second-order valence-corrected chi connectivity index (χ2v) is 13.5. The maximum atomic E-state index is 13.6. The fourth-order valence-corrected chi connectivity index (χ4v) is 10.6. The zero-order chi connectivity index (χ0) is 26.5. The Morgan fingerprint density at radius 2 is 2.03 bits per heavy atom. The Kier molecular flexibility index (Phi) is 6.04. The molecule has 0 radical (unpaired) electrons. The fraction of sp³-hybridized carbons (Fsp3) is 0.867. The monoisotopic (exact) mass is 516 g/mol. The average molecular weight is 517 g/mol. The number of aliphatic hydroxyl groups is 1. The van der Waals surface area contributed by atoms with E-state index in [0.717, 1.165) is 37.5 Å². The Hall–Kier alpha value is -1.28. The van der Waals surface area contributed by atoms with E-state index in [1.807, 2.05) is 6.92 Å². The molecule has 0 aromatic heterocycles. The summed E-state index contributed by atoms with van der Waals surface area (Å²) < 4.78 is 18.7. The molecule has 7 nitrogen and oxygen atoms in total. The van der Waals surface area contributed by atoms with Gasteiger partial charge in [-0.15, -0.1) is 0 Å². The molecule has 4 bridgehead atoms. The van der Waals surface area contributed by atoms with Gasteiger partial charge in [0.2, 0.25) is 0 Å². The fourth-order valence-electron chi connectivity index (χ4n) is 10.6. The molecule has 2 N–H and O–H groups in total. The van der Waals surface area contributed by atoms with E-state index in [9.17, 15) is 19.8 Å². The zero-order valence-corrected chi connectivity index (χ0v) is 22.9. The number of aliphatic hydroxyl groups excluding tert-OH is 1. The quantitative estimate of drug-likeness (QED) is 0.388. The van der Waals surface area contributed by atoms with Gasteiger partial charge in [-0.25, -0.2) is 0 Å². The summed E-state index contributed by atoms with van der Waals surface area (Å²) in [5.41, 5.74) is -2.01. The molecule has 0 amide bonds. The molecule has 37 heavy (non-hydrogen) atoms. The molecule has 13 atom stereocenters. The van der Waals surface area contributed by atoms with Crippen LogP contribution in [0.15, 0.2) is 11.6 Å². The van der Waals surface area contributed by atoms with Crippen LogP contribution in [-0.4, -0.2) is 60.3 Å². The molecule has 7 heteroatoms. The summed E-state index contributed by atoms with van der Waals surface area (Å²) in [6.45, 7) is 11.2. The minimum atomic E-state index is -1.28. The van der Waals surface area contributed by atoms with Gasteiger partial charge in [0, 0.05) is 11.3 Å². The Morgan fingerprint density at radius 3 is 2.68 bits per heavy atom. The van der Waals surface area contributed by atoms with Crippen molar-refractivity contribution < 1.29 is 34.0 Å². The van der Waals surface area contributed by atoms with Crippen molar-refractivity contribution in [3.05, 3.63) is 11.6 Å². The number of carbonyl (C=O) groups excluding carboxylic acids is 1. The highest BCUT2D eigenvalue weighted by atomic mass is 16.7. The second kappa shape index (κ2) is 8.61. The van der Waals surface area contributed by atoms with Crippen molar-refractivity contribution in [2.45, 2.75) is 91.3 Å². The predicted molar refractivity (Wildman–Crippen MR) is 135 cm³/mol. The van der Waals surface area contributed by atoms with E-state index in [2.05, 4.69) is 33.8 Å². The lowest BCUT2D eigenvalue weighted by Crippen LogP contribution is -2.64. The number of hydrogen-bond donors (Lipinski definition) is 2. The summed E-state index contributed by atoms with van der Waals surface area (Å²) >= 11 is 0. The smallest absolute Gasteiger partial charge is 0.315 e. The van der Waals surface area contributed by atoms with Gasteiger partial charge in [-0.1, -0.05) is 52.2 Å². The van der Waals surface area contributed by atoms with Gasteiger partial charge in [0.25, 0.3) is 0 Å². The predicted octanol–water partition coefficient (Wildman–Crippen LogP) is 4.07. The van der Waals surface area contributed by atoms with Crippen LogP contribution in [0.25, 0.3) is 0 Å². The molecule has 6 rings (SSSR count). The van der Waals surface area contributed by atoms with E-state index in [1.165, 1.54) is 0 Å². The minimum Gasteiger partial charge on any atom is -0.481 e. The van der Waals surface area contributed by atoms with Gasteiger partial charge in [-0.3, -0.25) is 4.79 Å². The number of fused-ring (bicyclic) bond motifs is 3. The highest BCUT2D eigenvalue weighted by Gasteiger charge is 2.84. The summed E-state index contributed by atoms with van der Waals surface area (Å²) in [6.07, 6.45) is 5.37. The lowest BCUT2D eigenvalue weighted by molar-refractivity contribution is -0.289. The molecule has 3 saturated carbocycles. The molecule has 2 aliphatic heterocycles. The van der Waals surface area contributed by atoms with Gasteiger partial charge in [0.05, 0.1) is 30.8 Å². The van der Waals surface area contributed by atoms with E-state index >= 15 is 0 Å². The van der Waals surface area contributed by atoms with Crippen LogP contribution in [0.1, 0.15) is 66.7 Å². The van der Waals surface area contributed by atoms with Crippen LogP contribution in [0.5, 0.6) is 0 Å². The number of aliphatic carboxylic acids is 1. The number of carboxylic acid groups (broad SMARTS) is 1. The van der Waals surface area contributed by atoms with Gasteiger partial charge < -0.3 is 29.2 Å². The third-order valence-electron chi connectivity index (χ3n) is 12.1. The third kappa shape index (κ3) is 2.98. The number of hydrogen-bond acceptors (Lipinski definition) is 6. The summed E-state index contributed by atoms with van der Waals surface area (Å²) in [7, 11) is 0. The lowest BCUT2D eigenvalue weighted by atomic mass is 9.43. The van der Waals surface area contributed by atoms with Crippen molar-refractivity contribution in [1.29, 1.82) is 0 Å². The number of ether oxygens (including phenoxy) is 3. The maximum Gasteiger partial charge on any atom is 0.315 e. The summed E-state index contributed by atoms with van der Waals surface area (Å²) in [5, 5.41) is 22.5. The number of carboxylic acids is 1. The van der Waals surface area contributed by atoms with E-state index in [4.69, 9.17) is 14.2 Å². The molecule has 2 saturated heterocycles. The van der Waals surface area contributed by atoms with Gasteiger partial charge in [-0.05, 0) is 61.7 Å². The van der Waals surface area contributed by atoms with Crippen LogP contribution in [0, 0.1) is 57.7 Å². The summed E-state index contributed by atoms with van der Waals surface area (Å²) in [6, 6.07) is 0. The summed E-state index contributed by atoms with van der Waals surface area (Å²) in [5.74, 6) is 0.142. The Balaban J connectivity index is 1.39. The lowest BCUT2D eigenvalue weighted by Gasteiger charge is -2.58. The second-order valence-electron chi connectivity index (χ2n) is 13.5. The molecule has 206 valence electrons. The van der Waals surface area contributed by atoms with Crippen LogP contribution >= 0.6 is 0 Å². The third-order valence-corrected chi connectivity index (χ3v) is 12.1. The van der Waals surface area contributed by atoms with Gasteiger partial charge >= 0.3 is 5.97 Å². The normalized spacial score (nSPS) is 53.8. The first-order valence-electron chi connectivity index (χ1n) is 14.6. The van der Waals surface area contributed by atoms with Crippen LogP contribution in [-0.2, 0) is 23.8 Å². The Morgan fingerprint density at radius 1 is 1.27 bits per heavy atom. The van der Waals surface area contributed by atoms with Crippen molar-refractivity contribution in [2.75, 3.05) is 13.2 Å². The van der Waals surface area contributed by atoms with E-state index in [-0.39, 0.29) is 48.4 Å². The standard InChI is InChI=1S/C30H44O7/c1-6-18-12-35-25-17(5)37-26(24(32)23(18)25)36-14-29-11-20-16(4)7-8-21(20)28(13-31)10-19(29)9-22(15(2)3)30(28,29)27(33)34/h9,13,15-21,23-26,32H,6-8,10-12,14H2,1-5H3,(H,33,34)/t16-,17-,18-,19+,20-,21-,23+,24+,25-,26-,28+,29?,30?/m1/s1. The number of rotatable bonds is 7. The van der Waals surface area contributed by atoms with Gasteiger partial charge in [0.15, 0.2) is 6.29 Å². The first kappa shape index (κ1) is 26.0. The van der Waals surface area contributed by atoms with Crippen LogP contribution in [0.4, 0.5) is 0 Å². The highest BCUT2D eigenvalue weighted by molar-refractivity contribution is 5.90. The highest BCUT2D eigenvalue weighted by Crippen LogP contribution is 2.82. The average Bonchev–Trinajstić information content (AvgIpc) is 3.58. The summed E-state index contributed by atoms with van der Waals surface area (Å²) in [4.78, 5) is 26.8. The van der Waals surface area contributed by atoms with Crippen LogP contribution < -0.4 is 0 Å². The van der Waals surface area contributed by atoms with Crippen molar-refractivity contribution in [1.82, 2.24) is 0 Å². The van der Waals surface area contributed by atoms with E-state index in [1.54, 1.807) is 0 Å². The Labute approximate surface area is 220 Å². The van der Waals surface area contributed by atoms with Crippen molar-refractivity contribution in [2.24, 2.45) is 57.7 Å². The first-order chi connectivity index (χ1) is 17.6. The molecular weight excluding hydrogens is 472 g/mol. The molecule has 4 aliphatic carbocycles. The van der Waals surface area contributed by atoms with E-state index in [0.29, 0.717) is 24.9 Å². The number of allylic oxidation sites excluding steroid dienone is 1. The van der Waals surface area contributed by atoms with Gasteiger partial charge in [-0.2, -0.15) is 0 Å². The number of carbonyl (C=O) groups is 2. The van der Waals surface area contributed by atoms with E-state index < -0.39 is 34.6 Å². The topological polar surface area (TPSA) is 102 Å². The molecule has 2 heterocycles. The molecule has 0 aromatic carbocycles. The first-order valence-corrected chi connectivity index (χ1v) is 14.6. The zero-order valence-electron chi connectivity index (χ0n) is 22.9. The maximum absolute atomic E-state index is 13.6. The van der Waals surface area contributed by atoms with Crippen molar-refractivity contribution >= 4 is 12.3 Å². The van der Waals surface area contributed by atoms with Gasteiger partial charge in [0.1, 0.15) is 17.8 Å². The largest absolute Gasteiger partial charge is 0.481 e. The van der Waals surface area contributed by atoms with Crippen LogP contribution in [0.3, 0.4) is 0 Å². The number of aldehydes is 1. The molecule has 0 spiro atoms. The molecule has 2 unspecified atom stereocenters. The van der Waals surface area contributed by atoms with Crippen molar-refractivity contribution in [3.8, 4) is 0 Å². The van der Waals surface area contributed by atoms with Crippen molar-refractivity contribution in [3.63, 3.8) is 0 Å². The van der Waals surface area contributed by atoms with Crippen LogP contribution in [0.2, 0.25) is 0 Å². The molecule has 0 aromatic rings. The minimum absolute atomic E-state index is 0.0220. The molecule has 6 aliphatic rings. The Bertz CT molecular complexity index is 992.